The van der Waals surface area contributed by atoms with Gasteiger partial charge in [0, 0.05) is 23.9 Å². The van der Waals surface area contributed by atoms with E-state index in [9.17, 15) is 14.7 Å². The Labute approximate surface area is 150 Å². The van der Waals surface area contributed by atoms with Gasteiger partial charge < -0.3 is 19.3 Å². The van der Waals surface area contributed by atoms with Crippen molar-refractivity contribution in [2.45, 2.75) is 6.92 Å². The Balaban J connectivity index is 2.26. The number of pyridine rings is 1. The fourth-order valence-electron chi connectivity index (χ4n) is 2.32. The van der Waals surface area contributed by atoms with E-state index >= 15 is 0 Å². The van der Waals surface area contributed by atoms with Gasteiger partial charge in [0.15, 0.2) is 17.2 Å². The zero-order chi connectivity index (χ0) is 19.3. The predicted molar refractivity (Wildman–Crippen MR) is 96.6 cm³/mol. The van der Waals surface area contributed by atoms with Crippen LogP contribution in [0.1, 0.15) is 11.3 Å². The second-order valence-corrected chi connectivity index (χ2v) is 5.22. The van der Waals surface area contributed by atoms with Gasteiger partial charge in [-0.3, -0.25) is 19.7 Å². The summed E-state index contributed by atoms with van der Waals surface area (Å²) < 4.78 is 17.1. The largest absolute Gasteiger partial charge is 0.503 e. The summed E-state index contributed by atoms with van der Waals surface area (Å²) >= 11 is 0. The average molecular weight is 360 g/mol. The molecule has 8 heteroatoms. The maximum atomic E-state index is 12.1. The molecule has 0 spiro atoms. The van der Waals surface area contributed by atoms with E-state index < -0.39 is 17.1 Å². The molecule has 0 unspecified atom stereocenters. The van der Waals surface area contributed by atoms with Crippen molar-refractivity contribution in [1.29, 1.82) is 0 Å². The third-order valence-corrected chi connectivity index (χ3v) is 3.69. The molecule has 138 valence electrons. The third kappa shape index (κ3) is 3.80. The molecule has 1 aromatic heterocycles. The quantitative estimate of drug-likeness (QED) is 0.761. The molecule has 0 aliphatic carbocycles. The summed E-state index contributed by atoms with van der Waals surface area (Å²) in [5.74, 6) is 0.462. The Morgan fingerprint density at radius 2 is 1.81 bits per heavy atom. The number of methoxy groups -OCH3 is 3. The highest BCUT2D eigenvalue weighted by Gasteiger charge is 2.14. The summed E-state index contributed by atoms with van der Waals surface area (Å²) in [5.41, 5.74) is 2.85. The first-order valence-electron chi connectivity index (χ1n) is 7.62. The summed E-state index contributed by atoms with van der Waals surface area (Å²) in [6.45, 7) is 1.51. The summed E-state index contributed by atoms with van der Waals surface area (Å²) in [6, 6.07) is 4.58. The number of ether oxygens (including phenoxy) is 3. The summed E-state index contributed by atoms with van der Waals surface area (Å²) in [6.07, 6.45) is 4.20. The molecule has 2 N–H and O–H groups in total. The zero-order valence-electron chi connectivity index (χ0n) is 14.9. The summed E-state index contributed by atoms with van der Waals surface area (Å²) in [7, 11) is 4.50. The van der Waals surface area contributed by atoms with Gasteiger partial charge in [-0.25, -0.2) is 0 Å². The maximum Gasteiger partial charge on any atom is 0.262 e. The van der Waals surface area contributed by atoms with Crippen molar-refractivity contribution in [3.63, 3.8) is 0 Å². The molecule has 1 aromatic carbocycles. The Morgan fingerprint density at radius 1 is 1.12 bits per heavy atom. The van der Waals surface area contributed by atoms with E-state index in [1.54, 1.807) is 18.2 Å². The van der Waals surface area contributed by atoms with Crippen molar-refractivity contribution in [3.05, 3.63) is 52.0 Å². The second kappa shape index (κ2) is 8.11. The van der Waals surface area contributed by atoms with Gasteiger partial charge in [-0.1, -0.05) is 0 Å². The fraction of sp³-hybridized carbons (Fsp3) is 0.222. The Morgan fingerprint density at radius 3 is 2.42 bits per heavy atom. The van der Waals surface area contributed by atoms with Crippen molar-refractivity contribution in [1.82, 2.24) is 4.68 Å². The summed E-state index contributed by atoms with van der Waals surface area (Å²) in [5, 5.41) is 9.64. The molecule has 26 heavy (non-hydrogen) atoms. The number of carbonyl (C=O) groups excluding carboxylic acids is 1. The standard InChI is InChI=1S/C18H20N2O6/c1-11-16(23)13(21)9-10-20(11)19-15(22)8-6-12-5-7-14(24-2)18(26-4)17(12)25-3/h5-10,23H,1-4H3,(H,19,22)/b8-6+. The van der Waals surface area contributed by atoms with Crippen molar-refractivity contribution in [2.24, 2.45) is 0 Å². The molecule has 0 saturated heterocycles. The van der Waals surface area contributed by atoms with E-state index in [1.807, 2.05) is 0 Å². The molecular formula is C18H20N2O6. The van der Waals surface area contributed by atoms with Gasteiger partial charge in [0.25, 0.3) is 5.91 Å². The number of aromatic hydroxyl groups is 1. The van der Waals surface area contributed by atoms with Crippen LogP contribution in [0.4, 0.5) is 0 Å². The number of hydrogen-bond acceptors (Lipinski definition) is 6. The monoisotopic (exact) mass is 360 g/mol. The third-order valence-electron chi connectivity index (χ3n) is 3.69. The molecule has 0 bridgehead atoms. The lowest BCUT2D eigenvalue weighted by atomic mass is 10.1. The first kappa shape index (κ1) is 18.9. The minimum absolute atomic E-state index is 0.225. The molecule has 0 atom stereocenters. The van der Waals surface area contributed by atoms with Crippen molar-refractivity contribution >= 4 is 12.0 Å². The van der Waals surface area contributed by atoms with Crippen molar-refractivity contribution in [3.8, 4) is 23.0 Å². The lowest BCUT2D eigenvalue weighted by Crippen LogP contribution is -2.24. The highest BCUT2D eigenvalue weighted by atomic mass is 16.5. The van der Waals surface area contributed by atoms with Crippen LogP contribution in [0.15, 0.2) is 35.3 Å². The topological polar surface area (TPSA) is 99.0 Å². The van der Waals surface area contributed by atoms with E-state index in [-0.39, 0.29) is 5.69 Å². The number of nitrogens with zero attached hydrogens (tertiary/aromatic N) is 1. The molecule has 2 rings (SSSR count). The van der Waals surface area contributed by atoms with Crippen LogP contribution in [-0.2, 0) is 4.79 Å². The average Bonchev–Trinajstić information content (AvgIpc) is 2.65. The number of benzene rings is 1. The molecule has 2 aromatic rings. The zero-order valence-corrected chi connectivity index (χ0v) is 14.9. The highest BCUT2D eigenvalue weighted by Crippen LogP contribution is 2.40. The maximum absolute atomic E-state index is 12.1. The molecule has 0 aliphatic heterocycles. The van der Waals surface area contributed by atoms with Gasteiger partial charge in [-0.15, -0.1) is 0 Å². The van der Waals surface area contributed by atoms with Crippen LogP contribution in [0, 0.1) is 6.92 Å². The van der Waals surface area contributed by atoms with Gasteiger partial charge in [0.05, 0.1) is 27.0 Å². The van der Waals surface area contributed by atoms with Crippen LogP contribution in [0.2, 0.25) is 0 Å². The molecular weight excluding hydrogens is 340 g/mol. The smallest absolute Gasteiger partial charge is 0.262 e. The van der Waals surface area contributed by atoms with E-state index in [1.165, 1.54) is 45.2 Å². The van der Waals surface area contributed by atoms with Gasteiger partial charge in [0.1, 0.15) is 0 Å². The van der Waals surface area contributed by atoms with Gasteiger partial charge in [0.2, 0.25) is 11.2 Å². The van der Waals surface area contributed by atoms with Crippen molar-refractivity contribution < 1.29 is 24.1 Å². The molecule has 0 saturated carbocycles. The van der Waals surface area contributed by atoms with Crippen LogP contribution in [0.3, 0.4) is 0 Å². The molecule has 1 amide bonds. The summed E-state index contributed by atoms with van der Waals surface area (Å²) in [4.78, 5) is 23.5. The Bertz CT molecular complexity index is 901. The van der Waals surface area contributed by atoms with Crippen LogP contribution >= 0.6 is 0 Å². The lowest BCUT2D eigenvalue weighted by Gasteiger charge is -2.14. The van der Waals surface area contributed by atoms with Crippen LogP contribution in [-0.4, -0.2) is 37.0 Å². The number of aromatic nitrogens is 1. The minimum atomic E-state index is -0.515. The van der Waals surface area contributed by atoms with Crippen LogP contribution in [0.5, 0.6) is 23.0 Å². The number of nitrogens with one attached hydrogen (secondary N) is 1. The highest BCUT2D eigenvalue weighted by molar-refractivity contribution is 5.97. The number of hydrogen-bond donors (Lipinski definition) is 2. The number of amides is 1. The molecule has 8 nitrogen and oxygen atoms in total. The normalized spacial score (nSPS) is 10.6. The molecule has 0 fully saturated rings. The van der Waals surface area contributed by atoms with E-state index in [4.69, 9.17) is 14.2 Å². The molecule has 0 aliphatic rings. The number of carbonyl (C=O) groups is 1. The second-order valence-electron chi connectivity index (χ2n) is 5.22. The van der Waals surface area contributed by atoms with E-state index in [0.717, 1.165) is 6.07 Å². The Hall–Kier alpha value is -3.42. The SMILES string of the molecule is COc1ccc(/C=C/C(=O)Nn2ccc(=O)c(O)c2C)c(OC)c1OC. The van der Waals surface area contributed by atoms with E-state index in [0.29, 0.717) is 22.8 Å². The van der Waals surface area contributed by atoms with Gasteiger partial charge in [-0.2, -0.15) is 0 Å². The lowest BCUT2D eigenvalue weighted by molar-refractivity contribution is -0.112. The van der Waals surface area contributed by atoms with E-state index in [2.05, 4.69) is 5.43 Å². The van der Waals surface area contributed by atoms with Crippen molar-refractivity contribution in [2.75, 3.05) is 26.8 Å². The minimum Gasteiger partial charge on any atom is -0.503 e. The Kier molecular flexibility index (Phi) is 5.90. The van der Waals surface area contributed by atoms with Gasteiger partial charge >= 0.3 is 0 Å². The predicted octanol–water partition coefficient (Wildman–Crippen LogP) is 1.67. The van der Waals surface area contributed by atoms with Crippen LogP contribution in [0.25, 0.3) is 6.08 Å². The fourth-order valence-corrected chi connectivity index (χ4v) is 2.32. The van der Waals surface area contributed by atoms with Gasteiger partial charge in [-0.05, 0) is 25.1 Å². The first-order valence-corrected chi connectivity index (χ1v) is 7.62. The van der Waals surface area contributed by atoms with Crippen LogP contribution < -0.4 is 25.1 Å². The first-order chi connectivity index (χ1) is 12.4. The molecule has 1 heterocycles. The number of rotatable bonds is 6. The molecule has 0 radical (unpaired) electrons.